The lowest BCUT2D eigenvalue weighted by molar-refractivity contribution is -0.384. The molecular weight excluding hydrogens is 272 g/mol. The highest BCUT2D eigenvalue weighted by Crippen LogP contribution is 2.28. The van der Waals surface area contributed by atoms with Gasteiger partial charge >= 0.3 is 0 Å². The van der Waals surface area contributed by atoms with Crippen LogP contribution in [0.2, 0.25) is 0 Å². The Morgan fingerprint density at radius 3 is 2.90 bits per heavy atom. The summed E-state index contributed by atoms with van der Waals surface area (Å²) in [5, 5.41) is 14.0. The van der Waals surface area contributed by atoms with Gasteiger partial charge in [-0.05, 0) is 38.4 Å². The average Bonchev–Trinajstić information content (AvgIpc) is 2.91. The van der Waals surface area contributed by atoms with Crippen molar-refractivity contribution in [3.8, 4) is 0 Å². The molecule has 0 unspecified atom stereocenters. The molecule has 0 spiro atoms. The molecule has 0 atom stereocenters. The number of hydrogen-bond donors (Lipinski definition) is 1. The number of nitro benzene ring substituents is 1. The summed E-state index contributed by atoms with van der Waals surface area (Å²) in [7, 11) is 1.97. The monoisotopic (exact) mass is 290 g/mol. The number of hydrogen-bond acceptors (Lipinski definition) is 6. The number of fused-ring (bicyclic) bond motifs is 1. The molecule has 2 aromatic rings. The summed E-state index contributed by atoms with van der Waals surface area (Å²) < 4.78 is 5.71. The van der Waals surface area contributed by atoms with Crippen molar-refractivity contribution in [2.45, 2.75) is 12.8 Å². The van der Waals surface area contributed by atoms with Crippen LogP contribution in [0, 0.1) is 16.0 Å². The molecule has 0 aliphatic carbocycles. The van der Waals surface area contributed by atoms with Gasteiger partial charge in [0.1, 0.15) is 5.52 Å². The van der Waals surface area contributed by atoms with E-state index in [-0.39, 0.29) is 5.69 Å². The van der Waals surface area contributed by atoms with Crippen molar-refractivity contribution in [2.24, 2.45) is 5.92 Å². The Morgan fingerprint density at radius 1 is 1.48 bits per heavy atom. The Kier molecular flexibility index (Phi) is 3.74. The van der Waals surface area contributed by atoms with Crippen LogP contribution in [0.3, 0.4) is 0 Å². The van der Waals surface area contributed by atoms with E-state index in [0.29, 0.717) is 23.0 Å². The van der Waals surface area contributed by atoms with Crippen molar-refractivity contribution in [3.05, 3.63) is 28.3 Å². The number of benzene rings is 1. The molecule has 7 heteroatoms. The Hall–Kier alpha value is -2.15. The highest BCUT2D eigenvalue weighted by molar-refractivity contribution is 5.77. The van der Waals surface area contributed by atoms with Crippen molar-refractivity contribution in [1.82, 2.24) is 10.3 Å². The zero-order valence-corrected chi connectivity index (χ0v) is 11.9. The number of non-ortho nitro benzene ring substituents is 1. The molecule has 3 rings (SSSR count). The van der Waals surface area contributed by atoms with E-state index in [2.05, 4.69) is 15.2 Å². The molecule has 1 fully saturated rings. The fourth-order valence-corrected chi connectivity index (χ4v) is 2.77. The molecule has 1 saturated heterocycles. The van der Waals surface area contributed by atoms with Crippen LogP contribution < -0.4 is 10.2 Å². The summed E-state index contributed by atoms with van der Waals surface area (Å²) >= 11 is 0. The fourth-order valence-electron chi connectivity index (χ4n) is 2.77. The number of nitrogens with one attached hydrogen (secondary N) is 1. The Balaban J connectivity index is 1.77. The van der Waals surface area contributed by atoms with E-state index in [9.17, 15) is 10.1 Å². The van der Waals surface area contributed by atoms with Crippen LogP contribution in [0.4, 0.5) is 11.7 Å². The lowest BCUT2D eigenvalue weighted by Gasteiger charge is -2.30. The molecule has 7 nitrogen and oxygen atoms in total. The second kappa shape index (κ2) is 5.69. The first-order chi connectivity index (χ1) is 10.2. The van der Waals surface area contributed by atoms with Crippen LogP contribution in [-0.2, 0) is 0 Å². The zero-order chi connectivity index (χ0) is 14.8. The number of nitrogens with zero attached hydrogens (tertiary/aromatic N) is 3. The highest BCUT2D eigenvalue weighted by Gasteiger charge is 2.22. The van der Waals surface area contributed by atoms with Crippen LogP contribution in [0.25, 0.3) is 11.1 Å². The van der Waals surface area contributed by atoms with Crippen LogP contribution in [0.1, 0.15) is 12.8 Å². The van der Waals surface area contributed by atoms with Gasteiger partial charge in [0.2, 0.25) is 0 Å². The third-order valence-electron chi connectivity index (χ3n) is 3.95. The third-order valence-corrected chi connectivity index (χ3v) is 3.95. The molecule has 0 radical (unpaired) electrons. The number of piperidine rings is 1. The maximum Gasteiger partial charge on any atom is 0.298 e. The van der Waals surface area contributed by atoms with E-state index < -0.39 is 4.92 Å². The average molecular weight is 290 g/mol. The molecule has 1 aliphatic heterocycles. The molecule has 1 aromatic heterocycles. The Labute approximate surface area is 122 Å². The largest absolute Gasteiger partial charge is 0.423 e. The second-order valence-electron chi connectivity index (χ2n) is 5.39. The quantitative estimate of drug-likeness (QED) is 0.686. The standard InChI is InChI=1S/C14H18N4O3/c1-15-9-10-4-6-17(7-5-10)14-16-12-8-11(18(19)20)2-3-13(12)21-14/h2-3,8,10,15H,4-7,9H2,1H3. The number of nitro groups is 1. The third kappa shape index (κ3) is 2.82. The maximum atomic E-state index is 10.8. The molecule has 112 valence electrons. The summed E-state index contributed by atoms with van der Waals surface area (Å²) in [6.07, 6.45) is 2.19. The summed E-state index contributed by atoms with van der Waals surface area (Å²) in [4.78, 5) is 16.9. The second-order valence-corrected chi connectivity index (χ2v) is 5.39. The Morgan fingerprint density at radius 2 is 2.24 bits per heavy atom. The van der Waals surface area contributed by atoms with Crippen molar-refractivity contribution in [1.29, 1.82) is 0 Å². The lowest BCUT2D eigenvalue weighted by Crippen LogP contribution is -2.36. The van der Waals surface area contributed by atoms with Gasteiger partial charge in [-0.3, -0.25) is 10.1 Å². The summed E-state index contributed by atoms with van der Waals surface area (Å²) in [5.74, 6) is 0.691. The van der Waals surface area contributed by atoms with Crippen molar-refractivity contribution in [2.75, 3.05) is 31.6 Å². The molecule has 0 amide bonds. The lowest BCUT2D eigenvalue weighted by atomic mass is 9.97. The van der Waals surface area contributed by atoms with E-state index in [1.54, 1.807) is 6.07 Å². The number of rotatable bonds is 4. The summed E-state index contributed by atoms with van der Waals surface area (Å²) in [6.45, 7) is 2.84. The van der Waals surface area contributed by atoms with Gasteiger partial charge in [0.05, 0.1) is 4.92 Å². The predicted octanol–water partition coefficient (Wildman–Crippen LogP) is 2.17. The highest BCUT2D eigenvalue weighted by atomic mass is 16.6. The fraction of sp³-hybridized carbons (Fsp3) is 0.500. The minimum atomic E-state index is -0.420. The van der Waals surface area contributed by atoms with Crippen molar-refractivity contribution in [3.63, 3.8) is 0 Å². The minimum Gasteiger partial charge on any atom is -0.423 e. The first-order valence-electron chi connectivity index (χ1n) is 7.12. The van der Waals surface area contributed by atoms with Gasteiger partial charge in [0, 0.05) is 25.2 Å². The number of oxazole rings is 1. The van der Waals surface area contributed by atoms with E-state index >= 15 is 0 Å². The van der Waals surface area contributed by atoms with Gasteiger partial charge in [0.15, 0.2) is 5.58 Å². The molecule has 0 bridgehead atoms. The SMILES string of the molecule is CNCC1CCN(c2nc3cc([N+](=O)[O-])ccc3o2)CC1. The first kappa shape index (κ1) is 13.8. The normalized spacial score (nSPS) is 16.5. The van der Waals surface area contributed by atoms with Crippen LogP contribution >= 0.6 is 0 Å². The van der Waals surface area contributed by atoms with Crippen LogP contribution in [0.5, 0.6) is 0 Å². The smallest absolute Gasteiger partial charge is 0.298 e. The molecule has 1 aliphatic rings. The zero-order valence-electron chi connectivity index (χ0n) is 11.9. The summed E-state index contributed by atoms with van der Waals surface area (Å²) in [5.41, 5.74) is 1.17. The van der Waals surface area contributed by atoms with Crippen LogP contribution in [0.15, 0.2) is 22.6 Å². The van der Waals surface area contributed by atoms with Gasteiger partial charge in [-0.1, -0.05) is 0 Å². The van der Waals surface area contributed by atoms with Crippen molar-refractivity contribution < 1.29 is 9.34 Å². The first-order valence-corrected chi connectivity index (χ1v) is 7.12. The van der Waals surface area contributed by atoms with E-state index in [1.807, 2.05) is 7.05 Å². The topological polar surface area (TPSA) is 84.4 Å². The predicted molar refractivity (Wildman–Crippen MR) is 79.5 cm³/mol. The number of aromatic nitrogens is 1. The summed E-state index contributed by atoms with van der Waals surface area (Å²) in [6, 6.07) is 5.07. The molecule has 2 heterocycles. The van der Waals surface area contributed by atoms with Crippen LogP contribution in [-0.4, -0.2) is 36.6 Å². The maximum absolute atomic E-state index is 10.8. The van der Waals surface area contributed by atoms with Gasteiger partial charge in [-0.15, -0.1) is 0 Å². The van der Waals surface area contributed by atoms with E-state index in [1.165, 1.54) is 12.1 Å². The molecule has 1 N–H and O–H groups in total. The Bertz CT molecular complexity index is 647. The van der Waals surface area contributed by atoms with Gasteiger partial charge in [-0.25, -0.2) is 0 Å². The van der Waals surface area contributed by atoms with E-state index in [4.69, 9.17) is 4.42 Å². The van der Waals surface area contributed by atoms with Gasteiger partial charge in [-0.2, -0.15) is 4.98 Å². The van der Waals surface area contributed by atoms with Crippen molar-refractivity contribution >= 4 is 22.8 Å². The molecule has 1 aromatic carbocycles. The molecule has 0 saturated carbocycles. The molecular formula is C14H18N4O3. The van der Waals surface area contributed by atoms with Gasteiger partial charge in [0.25, 0.3) is 11.7 Å². The van der Waals surface area contributed by atoms with Gasteiger partial charge < -0.3 is 14.6 Å². The number of anilines is 1. The minimum absolute atomic E-state index is 0.0371. The molecule has 21 heavy (non-hydrogen) atoms. The van der Waals surface area contributed by atoms with E-state index in [0.717, 1.165) is 32.5 Å².